The number of piperidine rings is 1. The summed E-state index contributed by atoms with van der Waals surface area (Å²) in [5.74, 6) is -1.89. The van der Waals surface area contributed by atoms with E-state index in [4.69, 9.17) is 27.9 Å². The highest BCUT2D eigenvalue weighted by Crippen LogP contribution is 2.54. The van der Waals surface area contributed by atoms with Crippen molar-refractivity contribution in [3.63, 3.8) is 0 Å². The number of carbonyl (C=O) groups is 2. The number of amides is 1. The third-order valence-corrected chi connectivity index (χ3v) is 8.73. The van der Waals surface area contributed by atoms with E-state index in [9.17, 15) is 14.7 Å². The van der Waals surface area contributed by atoms with E-state index in [1.54, 1.807) is 30.0 Å². The number of fused-ring (bicyclic) bond motifs is 1. The van der Waals surface area contributed by atoms with Crippen LogP contribution in [-0.4, -0.2) is 64.3 Å². The summed E-state index contributed by atoms with van der Waals surface area (Å²) in [5.41, 5.74) is -0.704. The van der Waals surface area contributed by atoms with E-state index in [0.29, 0.717) is 23.3 Å². The maximum Gasteiger partial charge on any atom is 0.330 e. The van der Waals surface area contributed by atoms with Crippen LogP contribution in [0.15, 0.2) is 30.9 Å². The maximum atomic E-state index is 13.1. The molecule has 1 aromatic rings. The molecule has 0 spiro atoms. The molecule has 0 aromatic heterocycles. The summed E-state index contributed by atoms with van der Waals surface area (Å²) >= 11 is 14.0. The second-order valence-corrected chi connectivity index (χ2v) is 10.1. The molecule has 1 amide bonds. The Labute approximate surface area is 189 Å². The van der Waals surface area contributed by atoms with Gasteiger partial charge < -0.3 is 15.2 Å². The number of carboxylic acid groups (broad SMARTS) is 1. The monoisotopic (exact) mass is 470 g/mol. The Balaban J connectivity index is 1.77. The van der Waals surface area contributed by atoms with Gasteiger partial charge in [0.25, 0.3) is 0 Å². The molecule has 9 heteroatoms. The van der Waals surface area contributed by atoms with Gasteiger partial charge in [0.1, 0.15) is 5.54 Å². The summed E-state index contributed by atoms with van der Waals surface area (Å²) in [6.45, 7) is 6.72. The first-order valence-electron chi connectivity index (χ1n) is 9.96. The number of rotatable bonds is 5. The molecule has 1 aromatic carbocycles. The van der Waals surface area contributed by atoms with Gasteiger partial charge in [-0.3, -0.25) is 9.69 Å². The molecule has 6 nitrogen and oxygen atoms in total. The fraction of sp³-hybridized carbons (Fsp3) is 0.524. The molecule has 3 aliphatic heterocycles. The number of hydrogen-bond donors (Lipinski definition) is 2. The van der Waals surface area contributed by atoms with Crippen molar-refractivity contribution < 1.29 is 19.4 Å². The minimum atomic E-state index is -1.47. The highest BCUT2D eigenvalue weighted by molar-refractivity contribution is 8.01. The van der Waals surface area contributed by atoms with Crippen LogP contribution in [0.1, 0.15) is 24.3 Å². The molecule has 3 saturated heterocycles. The third kappa shape index (κ3) is 3.75. The standard InChI is InChI=1S/C21H24Cl2N2O4S/c1-2-5-21(20(27)28)17(12-3-4-14(22)15(23)10-12)13-11-16(25-6-8-29-9-7-25)30-18(13)19(26)24-21/h2-4,10,13,16-18H,1,5-9,11H2,(H,24,26)(H,27,28). The molecule has 3 aliphatic rings. The molecule has 2 N–H and O–H groups in total. The quantitative estimate of drug-likeness (QED) is 0.642. The Morgan fingerprint density at radius 2 is 2.10 bits per heavy atom. The Bertz CT molecular complexity index is 863. The minimum absolute atomic E-state index is 0.120. The number of hydrogen-bond acceptors (Lipinski definition) is 5. The third-order valence-electron chi connectivity index (χ3n) is 6.33. The zero-order valence-corrected chi connectivity index (χ0v) is 18.7. The largest absolute Gasteiger partial charge is 0.479 e. The molecule has 0 aliphatic carbocycles. The Morgan fingerprint density at radius 1 is 1.37 bits per heavy atom. The summed E-state index contributed by atoms with van der Waals surface area (Å²) in [6, 6.07) is 5.24. The number of nitrogens with one attached hydrogen (secondary N) is 1. The maximum absolute atomic E-state index is 13.1. The van der Waals surface area contributed by atoms with Gasteiger partial charge in [0.05, 0.1) is 33.9 Å². The second kappa shape index (κ2) is 8.71. The Kier molecular flexibility index (Phi) is 6.38. The van der Waals surface area contributed by atoms with Crippen molar-refractivity contribution in [2.45, 2.75) is 34.9 Å². The van der Waals surface area contributed by atoms with Crippen LogP contribution in [0.4, 0.5) is 0 Å². The van der Waals surface area contributed by atoms with Gasteiger partial charge in [-0.1, -0.05) is 35.3 Å². The number of aliphatic carboxylic acids is 1. The van der Waals surface area contributed by atoms with Gasteiger partial charge in [0, 0.05) is 19.0 Å². The van der Waals surface area contributed by atoms with E-state index in [2.05, 4.69) is 16.8 Å². The van der Waals surface area contributed by atoms with Gasteiger partial charge in [-0.05, 0) is 36.5 Å². The van der Waals surface area contributed by atoms with Crippen LogP contribution in [0.5, 0.6) is 0 Å². The molecule has 3 heterocycles. The molecule has 0 radical (unpaired) electrons. The lowest BCUT2D eigenvalue weighted by atomic mass is 9.65. The van der Waals surface area contributed by atoms with Crippen LogP contribution in [0, 0.1) is 5.92 Å². The van der Waals surface area contributed by atoms with E-state index in [-0.39, 0.29) is 28.9 Å². The molecule has 3 fully saturated rings. The summed E-state index contributed by atoms with van der Waals surface area (Å²) < 4.78 is 5.46. The first-order chi connectivity index (χ1) is 14.4. The zero-order valence-electron chi connectivity index (χ0n) is 16.4. The summed E-state index contributed by atoms with van der Waals surface area (Å²) in [4.78, 5) is 28.0. The van der Waals surface area contributed by atoms with Crippen LogP contribution >= 0.6 is 35.0 Å². The van der Waals surface area contributed by atoms with Crippen molar-refractivity contribution in [2.24, 2.45) is 5.92 Å². The van der Waals surface area contributed by atoms with Crippen molar-refractivity contribution in [2.75, 3.05) is 26.3 Å². The summed E-state index contributed by atoms with van der Waals surface area (Å²) in [7, 11) is 0. The van der Waals surface area contributed by atoms with Crippen LogP contribution in [0.2, 0.25) is 10.0 Å². The predicted octanol–water partition coefficient (Wildman–Crippen LogP) is 3.39. The average Bonchev–Trinajstić information content (AvgIpc) is 3.17. The van der Waals surface area contributed by atoms with Crippen LogP contribution in [0.25, 0.3) is 0 Å². The number of carbonyl (C=O) groups excluding carboxylic acids is 1. The van der Waals surface area contributed by atoms with Crippen molar-refractivity contribution in [3.05, 3.63) is 46.5 Å². The SMILES string of the molecule is C=CCC1(C(=O)O)NC(=O)C2SC(N3CCOCC3)CC2C1c1ccc(Cl)c(Cl)c1. The summed E-state index contributed by atoms with van der Waals surface area (Å²) in [5, 5.41) is 13.7. The lowest BCUT2D eigenvalue weighted by molar-refractivity contribution is -0.152. The number of halogens is 2. The molecule has 0 saturated carbocycles. The van der Waals surface area contributed by atoms with Gasteiger partial charge in [-0.25, -0.2) is 4.79 Å². The van der Waals surface area contributed by atoms with Crippen molar-refractivity contribution in [1.29, 1.82) is 0 Å². The van der Waals surface area contributed by atoms with E-state index >= 15 is 0 Å². The van der Waals surface area contributed by atoms with E-state index in [1.165, 1.54) is 0 Å². The topological polar surface area (TPSA) is 78.9 Å². The minimum Gasteiger partial charge on any atom is -0.479 e. The van der Waals surface area contributed by atoms with Crippen molar-refractivity contribution >= 4 is 46.8 Å². The van der Waals surface area contributed by atoms with Crippen molar-refractivity contribution in [1.82, 2.24) is 10.2 Å². The highest BCUT2D eigenvalue weighted by atomic mass is 35.5. The zero-order chi connectivity index (χ0) is 21.5. The van der Waals surface area contributed by atoms with Gasteiger partial charge in [0.2, 0.25) is 5.91 Å². The number of ether oxygens (including phenoxy) is 1. The lowest BCUT2D eigenvalue weighted by Gasteiger charge is -2.46. The molecular weight excluding hydrogens is 447 g/mol. The van der Waals surface area contributed by atoms with Crippen LogP contribution in [0.3, 0.4) is 0 Å². The highest BCUT2D eigenvalue weighted by Gasteiger charge is 2.60. The van der Waals surface area contributed by atoms with Gasteiger partial charge in [-0.15, -0.1) is 18.3 Å². The molecule has 4 rings (SSSR count). The smallest absolute Gasteiger partial charge is 0.330 e. The molecule has 0 bridgehead atoms. The molecule has 30 heavy (non-hydrogen) atoms. The number of benzene rings is 1. The first-order valence-corrected chi connectivity index (χ1v) is 11.7. The van der Waals surface area contributed by atoms with E-state index < -0.39 is 17.4 Å². The number of carboxylic acids is 1. The van der Waals surface area contributed by atoms with Gasteiger partial charge in [0.15, 0.2) is 0 Å². The van der Waals surface area contributed by atoms with Gasteiger partial charge >= 0.3 is 5.97 Å². The second-order valence-electron chi connectivity index (χ2n) is 7.97. The first kappa shape index (κ1) is 22.0. The fourth-order valence-electron chi connectivity index (χ4n) is 5.00. The lowest BCUT2D eigenvalue weighted by Crippen LogP contribution is -2.66. The normalized spacial score (nSPS) is 34.3. The van der Waals surface area contributed by atoms with Crippen LogP contribution < -0.4 is 5.32 Å². The number of nitrogens with zero attached hydrogens (tertiary/aromatic N) is 1. The van der Waals surface area contributed by atoms with Crippen LogP contribution in [-0.2, 0) is 14.3 Å². The molecule has 5 atom stereocenters. The Morgan fingerprint density at radius 3 is 2.73 bits per heavy atom. The van der Waals surface area contributed by atoms with E-state index in [1.807, 2.05) is 6.07 Å². The Hall–Kier alpha value is -1.25. The van der Waals surface area contributed by atoms with Gasteiger partial charge in [-0.2, -0.15) is 0 Å². The fourth-order valence-corrected chi connectivity index (χ4v) is 7.01. The molecular formula is C21H24Cl2N2O4S. The average molecular weight is 471 g/mol. The molecule has 162 valence electrons. The van der Waals surface area contributed by atoms with Crippen molar-refractivity contribution in [3.8, 4) is 0 Å². The summed E-state index contributed by atoms with van der Waals surface area (Å²) in [6.07, 6.45) is 2.40. The number of morpholine rings is 1. The van der Waals surface area contributed by atoms with E-state index in [0.717, 1.165) is 25.1 Å². The predicted molar refractivity (Wildman–Crippen MR) is 118 cm³/mol. The number of thioether (sulfide) groups is 1. The molecule has 5 unspecified atom stereocenters.